The second-order valence-corrected chi connectivity index (χ2v) is 3.94. The zero-order valence-electron chi connectivity index (χ0n) is 10.4. The first-order chi connectivity index (χ1) is 8.65. The van der Waals surface area contributed by atoms with E-state index < -0.39 is 0 Å². The van der Waals surface area contributed by atoms with Crippen LogP contribution in [0.2, 0.25) is 0 Å². The van der Waals surface area contributed by atoms with Gasteiger partial charge in [-0.15, -0.1) is 0 Å². The van der Waals surface area contributed by atoms with E-state index in [1.807, 2.05) is 55.4 Å². The quantitative estimate of drug-likeness (QED) is 0.582. The second-order valence-electron chi connectivity index (χ2n) is 3.94. The van der Waals surface area contributed by atoms with Crippen molar-refractivity contribution < 1.29 is 0 Å². The van der Waals surface area contributed by atoms with Gasteiger partial charge in [0.15, 0.2) is 0 Å². The number of benzene rings is 1. The molecule has 3 nitrogen and oxygen atoms in total. The molecule has 0 aliphatic heterocycles. The van der Waals surface area contributed by atoms with Crippen LogP contribution in [0, 0.1) is 34.5 Å². The van der Waals surface area contributed by atoms with Gasteiger partial charge in [-0.25, -0.2) is 0 Å². The Balaban J connectivity index is 2.81. The molecule has 0 radical (unpaired) electrons. The molecule has 0 amide bonds. The Morgan fingerprint density at radius 1 is 1.17 bits per heavy atom. The zero-order chi connectivity index (χ0) is 13.4. The first-order valence-corrected chi connectivity index (χ1v) is 5.41. The molecule has 0 heterocycles. The molecule has 0 unspecified atom stereocenters. The third-order valence-electron chi connectivity index (χ3n) is 2.09. The van der Waals surface area contributed by atoms with E-state index in [2.05, 4.69) is 11.8 Å². The number of allylic oxidation sites excluding steroid dienone is 1. The Labute approximate surface area is 108 Å². The van der Waals surface area contributed by atoms with Crippen LogP contribution in [0.3, 0.4) is 0 Å². The van der Waals surface area contributed by atoms with E-state index in [4.69, 9.17) is 10.5 Å². The maximum Gasteiger partial charge on any atom is 0.130 e. The van der Waals surface area contributed by atoms with Crippen LogP contribution >= 0.6 is 0 Å². The summed E-state index contributed by atoms with van der Waals surface area (Å²) in [7, 11) is 3.93. The Bertz CT molecular complexity index is 553. The van der Waals surface area contributed by atoms with Crippen LogP contribution in [0.1, 0.15) is 11.1 Å². The molecule has 0 bridgehead atoms. The molecular weight excluding hydrogens is 222 g/mol. The summed E-state index contributed by atoms with van der Waals surface area (Å²) >= 11 is 0. The second kappa shape index (κ2) is 6.92. The van der Waals surface area contributed by atoms with Gasteiger partial charge in [-0.3, -0.25) is 4.90 Å². The van der Waals surface area contributed by atoms with Gasteiger partial charge in [-0.2, -0.15) is 10.5 Å². The van der Waals surface area contributed by atoms with Gasteiger partial charge >= 0.3 is 0 Å². The van der Waals surface area contributed by atoms with Gasteiger partial charge < -0.3 is 0 Å². The predicted octanol–water partition coefficient (Wildman–Crippen LogP) is 2.03. The summed E-state index contributed by atoms with van der Waals surface area (Å²) < 4.78 is 0. The standard InChI is InChI=1S/C15H13N3/c1-18(2)9-3-4-13-5-7-14(8-6-13)10-15(11-16)12-17/h5-8,10H,9H2,1-2H3. The van der Waals surface area contributed by atoms with Gasteiger partial charge in [0.1, 0.15) is 17.7 Å². The lowest BCUT2D eigenvalue weighted by atomic mass is 10.1. The molecular formula is C15H13N3. The van der Waals surface area contributed by atoms with Crippen molar-refractivity contribution in [2.24, 2.45) is 0 Å². The number of hydrogen-bond donors (Lipinski definition) is 0. The highest BCUT2D eigenvalue weighted by Crippen LogP contribution is 2.07. The summed E-state index contributed by atoms with van der Waals surface area (Å²) in [6.45, 7) is 0.717. The molecule has 0 saturated carbocycles. The van der Waals surface area contributed by atoms with Gasteiger partial charge in [-0.05, 0) is 37.9 Å². The molecule has 3 heteroatoms. The summed E-state index contributed by atoms with van der Waals surface area (Å²) in [5, 5.41) is 17.3. The maximum absolute atomic E-state index is 8.64. The van der Waals surface area contributed by atoms with Crippen LogP contribution < -0.4 is 0 Å². The number of nitriles is 2. The molecule has 0 atom stereocenters. The molecule has 0 aromatic heterocycles. The highest BCUT2D eigenvalue weighted by Gasteiger charge is 1.94. The first kappa shape index (κ1) is 13.5. The van der Waals surface area contributed by atoms with Gasteiger partial charge in [0.25, 0.3) is 0 Å². The lowest BCUT2D eigenvalue weighted by molar-refractivity contribution is 0.464. The topological polar surface area (TPSA) is 50.8 Å². The van der Waals surface area contributed by atoms with Crippen LogP contribution in [0.15, 0.2) is 29.8 Å². The van der Waals surface area contributed by atoms with E-state index >= 15 is 0 Å². The summed E-state index contributed by atoms with van der Waals surface area (Å²) in [6.07, 6.45) is 1.55. The fourth-order valence-corrected chi connectivity index (χ4v) is 1.22. The highest BCUT2D eigenvalue weighted by molar-refractivity contribution is 5.62. The van der Waals surface area contributed by atoms with Crippen molar-refractivity contribution in [1.82, 2.24) is 4.90 Å². The van der Waals surface area contributed by atoms with Gasteiger partial charge in [0.05, 0.1) is 6.54 Å². The number of rotatable bonds is 2. The van der Waals surface area contributed by atoms with Crippen molar-refractivity contribution in [1.29, 1.82) is 10.5 Å². The molecule has 0 aliphatic rings. The largest absolute Gasteiger partial charge is 0.299 e. The van der Waals surface area contributed by atoms with E-state index in [-0.39, 0.29) is 5.57 Å². The van der Waals surface area contributed by atoms with Crippen molar-refractivity contribution >= 4 is 6.08 Å². The molecule has 1 aromatic carbocycles. The zero-order valence-corrected chi connectivity index (χ0v) is 10.4. The molecule has 0 spiro atoms. The Kier molecular flexibility index (Phi) is 5.20. The Morgan fingerprint density at radius 3 is 2.28 bits per heavy atom. The van der Waals surface area contributed by atoms with Crippen LogP contribution in [0.5, 0.6) is 0 Å². The average molecular weight is 235 g/mol. The van der Waals surface area contributed by atoms with E-state index in [1.165, 1.54) is 0 Å². The molecule has 0 fully saturated rings. The fraction of sp³-hybridized carbons (Fsp3) is 0.200. The van der Waals surface area contributed by atoms with Gasteiger partial charge in [0.2, 0.25) is 0 Å². The van der Waals surface area contributed by atoms with Gasteiger partial charge in [0, 0.05) is 5.56 Å². The first-order valence-electron chi connectivity index (χ1n) is 5.41. The smallest absolute Gasteiger partial charge is 0.130 e. The molecule has 18 heavy (non-hydrogen) atoms. The average Bonchev–Trinajstić information content (AvgIpc) is 2.37. The summed E-state index contributed by atoms with van der Waals surface area (Å²) in [6, 6.07) is 11.1. The lowest BCUT2D eigenvalue weighted by Gasteiger charge is -2.00. The van der Waals surface area contributed by atoms with Crippen molar-refractivity contribution in [2.75, 3.05) is 20.6 Å². The van der Waals surface area contributed by atoms with Gasteiger partial charge in [-0.1, -0.05) is 24.0 Å². The minimum Gasteiger partial charge on any atom is -0.299 e. The van der Waals surface area contributed by atoms with E-state index in [0.717, 1.165) is 11.1 Å². The normalized spacial score (nSPS) is 8.72. The predicted molar refractivity (Wildman–Crippen MR) is 71.1 cm³/mol. The van der Waals surface area contributed by atoms with Crippen LogP contribution in [0.4, 0.5) is 0 Å². The molecule has 1 aromatic rings. The highest BCUT2D eigenvalue weighted by atomic mass is 15.0. The van der Waals surface area contributed by atoms with Crippen LogP contribution in [0.25, 0.3) is 6.08 Å². The van der Waals surface area contributed by atoms with E-state index in [1.54, 1.807) is 6.08 Å². The van der Waals surface area contributed by atoms with E-state index in [0.29, 0.717) is 6.54 Å². The summed E-state index contributed by atoms with van der Waals surface area (Å²) in [5.74, 6) is 6.08. The lowest BCUT2D eigenvalue weighted by Crippen LogP contribution is -2.10. The fourth-order valence-electron chi connectivity index (χ4n) is 1.22. The molecule has 1 rings (SSSR count). The van der Waals surface area contributed by atoms with E-state index in [9.17, 15) is 0 Å². The minimum atomic E-state index is 0.0986. The summed E-state index contributed by atoms with van der Waals surface area (Å²) in [4.78, 5) is 2.00. The maximum atomic E-state index is 8.64. The molecule has 0 saturated heterocycles. The number of hydrogen-bond acceptors (Lipinski definition) is 3. The third-order valence-corrected chi connectivity index (χ3v) is 2.09. The van der Waals surface area contributed by atoms with Crippen molar-refractivity contribution in [3.05, 3.63) is 41.0 Å². The monoisotopic (exact) mass is 235 g/mol. The molecule has 0 N–H and O–H groups in total. The molecule has 88 valence electrons. The minimum absolute atomic E-state index is 0.0986. The Hall–Kier alpha value is -2.54. The van der Waals surface area contributed by atoms with Crippen molar-refractivity contribution in [2.45, 2.75) is 0 Å². The van der Waals surface area contributed by atoms with Crippen LogP contribution in [-0.4, -0.2) is 25.5 Å². The number of nitrogens with zero attached hydrogens (tertiary/aromatic N) is 3. The Morgan fingerprint density at radius 2 is 1.78 bits per heavy atom. The van der Waals surface area contributed by atoms with Crippen molar-refractivity contribution in [3.63, 3.8) is 0 Å². The molecule has 0 aliphatic carbocycles. The third kappa shape index (κ3) is 4.54. The SMILES string of the molecule is CN(C)CC#Cc1ccc(C=C(C#N)C#N)cc1. The summed E-state index contributed by atoms with van der Waals surface area (Å²) in [5.41, 5.74) is 1.84. The van der Waals surface area contributed by atoms with Crippen molar-refractivity contribution in [3.8, 4) is 24.0 Å². The van der Waals surface area contributed by atoms with Crippen LogP contribution in [-0.2, 0) is 0 Å².